The van der Waals surface area contributed by atoms with Crippen molar-refractivity contribution < 1.29 is 4.79 Å². The Bertz CT molecular complexity index is 648. The number of aryl methyl sites for hydroxylation is 1. The van der Waals surface area contributed by atoms with Crippen LogP contribution < -0.4 is 5.73 Å². The second kappa shape index (κ2) is 5.60. The lowest BCUT2D eigenvalue weighted by molar-refractivity contribution is 0.0729. The lowest BCUT2D eigenvalue weighted by Gasteiger charge is -2.23. The molecule has 108 valence electrons. The first kappa shape index (κ1) is 13.7. The second-order valence-corrected chi connectivity index (χ2v) is 5.72. The van der Waals surface area contributed by atoms with E-state index in [1.54, 1.807) is 6.07 Å². The predicted octanol–water partition coefficient (Wildman–Crippen LogP) is 3.38. The van der Waals surface area contributed by atoms with Gasteiger partial charge in [0.2, 0.25) is 0 Å². The fraction of sp³-hybridized carbons (Fsp3) is 0.278. The van der Waals surface area contributed by atoms with E-state index in [0.29, 0.717) is 18.3 Å². The van der Waals surface area contributed by atoms with Crippen molar-refractivity contribution in [1.29, 1.82) is 0 Å². The standard InChI is InChI=1S/C18H20N2O/c1-13-7-8-15(19)11-17(13)18(21)20(16-9-10-16)12-14-5-3-2-4-6-14/h2-8,11,16H,9-10,12,19H2,1H3. The maximum Gasteiger partial charge on any atom is 0.254 e. The van der Waals surface area contributed by atoms with Crippen LogP contribution in [0.25, 0.3) is 0 Å². The van der Waals surface area contributed by atoms with Crippen molar-refractivity contribution in [3.8, 4) is 0 Å². The minimum atomic E-state index is 0.0890. The summed E-state index contributed by atoms with van der Waals surface area (Å²) in [5.41, 5.74) is 9.34. The van der Waals surface area contributed by atoms with E-state index in [1.165, 1.54) is 5.56 Å². The van der Waals surface area contributed by atoms with Gasteiger partial charge in [-0.3, -0.25) is 4.79 Å². The molecule has 1 amide bonds. The molecule has 0 aliphatic heterocycles. The molecule has 21 heavy (non-hydrogen) atoms. The van der Waals surface area contributed by atoms with Crippen molar-refractivity contribution in [2.45, 2.75) is 32.4 Å². The molecule has 0 atom stereocenters. The Morgan fingerprint density at radius 2 is 1.90 bits per heavy atom. The number of rotatable bonds is 4. The van der Waals surface area contributed by atoms with Gasteiger partial charge in [0.25, 0.3) is 5.91 Å². The zero-order valence-corrected chi connectivity index (χ0v) is 12.3. The molecule has 0 bridgehead atoms. The fourth-order valence-electron chi connectivity index (χ4n) is 2.56. The van der Waals surface area contributed by atoms with Gasteiger partial charge in [-0.05, 0) is 43.0 Å². The van der Waals surface area contributed by atoms with Gasteiger partial charge in [0.1, 0.15) is 0 Å². The minimum Gasteiger partial charge on any atom is -0.399 e. The number of carbonyl (C=O) groups is 1. The van der Waals surface area contributed by atoms with Crippen LogP contribution >= 0.6 is 0 Å². The third-order valence-electron chi connectivity index (χ3n) is 3.94. The average molecular weight is 280 g/mol. The summed E-state index contributed by atoms with van der Waals surface area (Å²) in [5.74, 6) is 0.0890. The molecule has 2 N–H and O–H groups in total. The van der Waals surface area contributed by atoms with E-state index in [-0.39, 0.29) is 5.91 Å². The van der Waals surface area contributed by atoms with Crippen LogP contribution in [0.2, 0.25) is 0 Å². The first-order valence-corrected chi connectivity index (χ1v) is 7.36. The molecule has 0 radical (unpaired) electrons. The van der Waals surface area contributed by atoms with E-state index in [9.17, 15) is 4.79 Å². The number of anilines is 1. The third kappa shape index (κ3) is 3.07. The normalized spacial score (nSPS) is 14.0. The maximum absolute atomic E-state index is 12.9. The van der Waals surface area contributed by atoms with Crippen molar-refractivity contribution in [2.24, 2.45) is 0 Å². The Kier molecular flexibility index (Phi) is 3.65. The highest BCUT2D eigenvalue weighted by molar-refractivity contribution is 5.96. The first-order valence-electron chi connectivity index (χ1n) is 7.36. The van der Waals surface area contributed by atoms with Crippen LogP contribution in [0.3, 0.4) is 0 Å². The Morgan fingerprint density at radius 3 is 2.57 bits per heavy atom. The SMILES string of the molecule is Cc1ccc(N)cc1C(=O)N(Cc1ccccc1)C1CC1. The lowest BCUT2D eigenvalue weighted by atomic mass is 10.1. The van der Waals surface area contributed by atoms with E-state index < -0.39 is 0 Å². The van der Waals surface area contributed by atoms with E-state index in [4.69, 9.17) is 5.73 Å². The summed E-state index contributed by atoms with van der Waals surface area (Å²) in [5, 5.41) is 0. The van der Waals surface area contributed by atoms with E-state index in [1.807, 2.05) is 42.2 Å². The Hall–Kier alpha value is -2.29. The average Bonchev–Trinajstić information content (AvgIpc) is 3.32. The summed E-state index contributed by atoms with van der Waals surface area (Å²) in [6.45, 7) is 2.62. The zero-order chi connectivity index (χ0) is 14.8. The van der Waals surface area contributed by atoms with Gasteiger partial charge in [-0.1, -0.05) is 36.4 Å². The van der Waals surface area contributed by atoms with Crippen LogP contribution in [0.15, 0.2) is 48.5 Å². The van der Waals surface area contributed by atoms with Gasteiger partial charge in [0.15, 0.2) is 0 Å². The molecule has 2 aromatic rings. The number of amides is 1. The molecule has 3 rings (SSSR count). The topological polar surface area (TPSA) is 46.3 Å². The summed E-state index contributed by atoms with van der Waals surface area (Å²) in [6, 6.07) is 16.1. The Balaban J connectivity index is 1.87. The van der Waals surface area contributed by atoms with Crippen LogP contribution in [0.4, 0.5) is 5.69 Å². The van der Waals surface area contributed by atoms with Crippen LogP contribution in [0.1, 0.15) is 34.3 Å². The largest absolute Gasteiger partial charge is 0.399 e. The molecule has 0 saturated heterocycles. The smallest absolute Gasteiger partial charge is 0.254 e. The minimum absolute atomic E-state index is 0.0890. The molecule has 1 aliphatic carbocycles. The first-order chi connectivity index (χ1) is 10.1. The van der Waals surface area contributed by atoms with Crippen molar-refractivity contribution in [1.82, 2.24) is 4.90 Å². The van der Waals surface area contributed by atoms with Gasteiger partial charge in [-0.2, -0.15) is 0 Å². The molecule has 3 heteroatoms. The molecule has 0 spiro atoms. The second-order valence-electron chi connectivity index (χ2n) is 5.72. The molecular weight excluding hydrogens is 260 g/mol. The van der Waals surface area contributed by atoms with Crippen molar-refractivity contribution in [2.75, 3.05) is 5.73 Å². The van der Waals surface area contributed by atoms with Crippen LogP contribution in [0, 0.1) is 6.92 Å². The highest BCUT2D eigenvalue weighted by Gasteiger charge is 2.33. The highest BCUT2D eigenvalue weighted by Crippen LogP contribution is 2.30. The molecular formula is C18H20N2O. The van der Waals surface area contributed by atoms with E-state index in [0.717, 1.165) is 24.0 Å². The molecule has 0 aromatic heterocycles. The number of benzene rings is 2. The molecule has 1 saturated carbocycles. The van der Waals surface area contributed by atoms with Gasteiger partial charge in [-0.15, -0.1) is 0 Å². The van der Waals surface area contributed by atoms with Crippen LogP contribution in [-0.4, -0.2) is 16.8 Å². The Morgan fingerprint density at radius 1 is 1.19 bits per heavy atom. The molecule has 3 nitrogen and oxygen atoms in total. The summed E-state index contributed by atoms with van der Waals surface area (Å²) in [4.78, 5) is 14.9. The summed E-state index contributed by atoms with van der Waals surface area (Å²) < 4.78 is 0. The number of nitrogens with zero attached hydrogens (tertiary/aromatic N) is 1. The monoisotopic (exact) mass is 280 g/mol. The summed E-state index contributed by atoms with van der Waals surface area (Å²) >= 11 is 0. The molecule has 1 aliphatic rings. The molecule has 0 unspecified atom stereocenters. The number of hydrogen-bond donors (Lipinski definition) is 1. The highest BCUT2D eigenvalue weighted by atomic mass is 16.2. The molecule has 0 heterocycles. The lowest BCUT2D eigenvalue weighted by Crippen LogP contribution is -2.33. The van der Waals surface area contributed by atoms with Gasteiger partial charge in [0, 0.05) is 23.8 Å². The summed E-state index contributed by atoms with van der Waals surface area (Å²) in [7, 11) is 0. The number of carbonyl (C=O) groups excluding carboxylic acids is 1. The van der Waals surface area contributed by atoms with E-state index in [2.05, 4.69) is 12.1 Å². The Labute approximate surface area is 125 Å². The summed E-state index contributed by atoms with van der Waals surface area (Å²) in [6.07, 6.45) is 2.19. The molecule has 2 aromatic carbocycles. The number of hydrogen-bond acceptors (Lipinski definition) is 2. The third-order valence-corrected chi connectivity index (χ3v) is 3.94. The maximum atomic E-state index is 12.9. The quantitative estimate of drug-likeness (QED) is 0.873. The van der Waals surface area contributed by atoms with Crippen LogP contribution in [-0.2, 0) is 6.54 Å². The van der Waals surface area contributed by atoms with Crippen LogP contribution in [0.5, 0.6) is 0 Å². The van der Waals surface area contributed by atoms with Gasteiger partial charge in [0.05, 0.1) is 0 Å². The number of nitrogens with two attached hydrogens (primary N) is 1. The van der Waals surface area contributed by atoms with Gasteiger partial charge in [-0.25, -0.2) is 0 Å². The predicted molar refractivity (Wildman–Crippen MR) is 84.9 cm³/mol. The van der Waals surface area contributed by atoms with E-state index >= 15 is 0 Å². The fourth-order valence-corrected chi connectivity index (χ4v) is 2.56. The van der Waals surface area contributed by atoms with Crippen molar-refractivity contribution in [3.05, 3.63) is 65.2 Å². The number of nitrogen functional groups attached to an aromatic ring is 1. The van der Waals surface area contributed by atoms with Crippen molar-refractivity contribution >= 4 is 11.6 Å². The van der Waals surface area contributed by atoms with Crippen molar-refractivity contribution in [3.63, 3.8) is 0 Å². The zero-order valence-electron chi connectivity index (χ0n) is 12.3. The van der Waals surface area contributed by atoms with Gasteiger partial charge >= 0.3 is 0 Å². The molecule has 1 fully saturated rings. The van der Waals surface area contributed by atoms with Gasteiger partial charge < -0.3 is 10.6 Å².